The number of ether oxygens (including phenoxy) is 2. The highest BCUT2D eigenvalue weighted by Gasteiger charge is 2.44. The van der Waals surface area contributed by atoms with Crippen molar-refractivity contribution in [1.29, 1.82) is 0 Å². The van der Waals surface area contributed by atoms with Gasteiger partial charge in [-0.2, -0.15) is 0 Å². The minimum absolute atomic E-state index is 0.157. The molecule has 0 bridgehead atoms. The first kappa shape index (κ1) is 17.3. The van der Waals surface area contributed by atoms with Gasteiger partial charge in [-0.05, 0) is 24.3 Å². The van der Waals surface area contributed by atoms with Gasteiger partial charge in [-0.1, -0.05) is 39.0 Å². The van der Waals surface area contributed by atoms with Gasteiger partial charge in [-0.25, -0.2) is 4.79 Å². The average molecular weight is 324 g/mol. The maximum Gasteiger partial charge on any atom is 0.338 e. The van der Waals surface area contributed by atoms with E-state index in [0.29, 0.717) is 5.56 Å². The molecule has 0 aliphatic carbocycles. The van der Waals surface area contributed by atoms with Crippen LogP contribution in [0.15, 0.2) is 30.3 Å². The van der Waals surface area contributed by atoms with E-state index in [0.717, 1.165) is 12.2 Å². The van der Waals surface area contributed by atoms with Crippen molar-refractivity contribution >= 4 is 17.7 Å². The van der Waals surface area contributed by atoms with Crippen LogP contribution in [-0.2, 0) is 9.47 Å². The summed E-state index contributed by atoms with van der Waals surface area (Å²) in [7, 11) is 0. The largest absolute Gasteiger partial charge is 0.455 e. The maximum atomic E-state index is 12.3. The smallest absolute Gasteiger partial charge is 0.338 e. The lowest BCUT2D eigenvalue weighted by Crippen LogP contribution is -2.53. The number of hydrogen-bond donors (Lipinski definition) is 1. The molecule has 1 fully saturated rings. The Labute approximate surface area is 136 Å². The fourth-order valence-electron chi connectivity index (χ4n) is 2.68. The van der Waals surface area contributed by atoms with Crippen LogP contribution in [0.5, 0.6) is 0 Å². The summed E-state index contributed by atoms with van der Waals surface area (Å²) in [5.41, 5.74) is 0.281. The molecule has 0 spiro atoms. The summed E-state index contributed by atoms with van der Waals surface area (Å²) >= 11 is 1.61. The second kappa shape index (κ2) is 7.99. The van der Waals surface area contributed by atoms with Gasteiger partial charge >= 0.3 is 5.97 Å². The SMILES string of the molecule is CCS[C@@H]1OC(CC)[C@@H](O)[C@H](C)C1OC(=O)c1ccccc1. The van der Waals surface area contributed by atoms with Gasteiger partial charge in [0.2, 0.25) is 0 Å². The van der Waals surface area contributed by atoms with Gasteiger partial charge < -0.3 is 14.6 Å². The highest BCUT2D eigenvalue weighted by atomic mass is 32.2. The molecule has 0 aromatic heterocycles. The molecule has 2 unspecified atom stereocenters. The Hall–Kier alpha value is -1.04. The summed E-state index contributed by atoms with van der Waals surface area (Å²) in [6, 6.07) is 8.91. The Morgan fingerprint density at radius 3 is 2.59 bits per heavy atom. The van der Waals surface area contributed by atoms with E-state index >= 15 is 0 Å². The van der Waals surface area contributed by atoms with Gasteiger partial charge in [0.15, 0.2) is 0 Å². The fraction of sp³-hybridized carbons (Fsp3) is 0.588. The minimum Gasteiger partial charge on any atom is -0.455 e. The second-order valence-corrected chi connectivity index (χ2v) is 6.87. The third-order valence-electron chi connectivity index (χ3n) is 4.00. The van der Waals surface area contributed by atoms with Crippen LogP contribution in [0, 0.1) is 5.92 Å². The van der Waals surface area contributed by atoms with Gasteiger partial charge in [0.25, 0.3) is 0 Å². The van der Waals surface area contributed by atoms with Crippen LogP contribution in [0.4, 0.5) is 0 Å². The zero-order valence-electron chi connectivity index (χ0n) is 13.3. The van der Waals surface area contributed by atoms with Gasteiger partial charge in [0.05, 0.1) is 17.8 Å². The minimum atomic E-state index is -0.618. The molecule has 4 nitrogen and oxygen atoms in total. The number of aliphatic hydroxyl groups is 1. The van der Waals surface area contributed by atoms with E-state index in [-0.39, 0.29) is 23.4 Å². The molecule has 0 radical (unpaired) electrons. The van der Waals surface area contributed by atoms with Gasteiger partial charge in [0.1, 0.15) is 11.5 Å². The van der Waals surface area contributed by atoms with Crippen molar-refractivity contribution in [3.05, 3.63) is 35.9 Å². The lowest BCUT2D eigenvalue weighted by Gasteiger charge is -2.42. The molecule has 0 saturated carbocycles. The van der Waals surface area contributed by atoms with Gasteiger partial charge in [0, 0.05) is 5.92 Å². The predicted octanol–water partition coefficient (Wildman–Crippen LogP) is 3.10. The summed E-state index contributed by atoms with van der Waals surface area (Å²) < 4.78 is 11.6. The van der Waals surface area contributed by atoms with Crippen molar-refractivity contribution in [2.45, 2.75) is 50.9 Å². The van der Waals surface area contributed by atoms with Crippen molar-refractivity contribution in [2.24, 2.45) is 5.92 Å². The molecule has 1 heterocycles. The Kier molecular flexibility index (Phi) is 6.29. The molecule has 2 rings (SSSR count). The number of carbonyl (C=O) groups excluding carboxylic acids is 1. The molecule has 5 atom stereocenters. The summed E-state index contributed by atoms with van der Waals surface area (Å²) in [6.07, 6.45) is -0.528. The number of carbonyl (C=O) groups is 1. The van der Waals surface area contributed by atoms with Gasteiger partial charge in [-0.15, -0.1) is 11.8 Å². The highest BCUT2D eigenvalue weighted by Crippen LogP contribution is 2.35. The number of hydrogen-bond acceptors (Lipinski definition) is 5. The first-order chi connectivity index (χ1) is 10.6. The highest BCUT2D eigenvalue weighted by molar-refractivity contribution is 7.99. The van der Waals surface area contributed by atoms with Crippen molar-refractivity contribution < 1.29 is 19.4 Å². The summed E-state index contributed by atoms with van der Waals surface area (Å²) in [4.78, 5) is 12.3. The van der Waals surface area contributed by atoms with Crippen LogP contribution in [0.3, 0.4) is 0 Å². The van der Waals surface area contributed by atoms with E-state index in [1.165, 1.54) is 0 Å². The van der Waals surface area contributed by atoms with E-state index < -0.39 is 12.2 Å². The van der Waals surface area contributed by atoms with E-state index in [4.69, 9.17) is 9.47 Å². The fourth-order valence-corrected chi connectivity index (χ4v) is 3.72. The lowest BCUT2D eigenvalue weighted by molar-refractivity contribution is -0.169. The van der Waals surface area contributed by atoms with E-state index in [2.05, 4.69) is 0 Å². The van der Waals surface area contributed by atoms with Crippen molar-refractivity contribution in [2.75, 3.05) is 5.75 Å². The molecule has 1 aromatic rings. The van der Waals surface area contributed by atoms with Crippen LogP contribution in [0.1, 0.15) is 37.6 Å². The third kappa shape index (κ3) is 3.83. The number of esters is 1. The quantitative estimate of drug-likeness (QED) is 0.844. The Balaban J connectivity index is 2.13. The molecular formula is C17H24O4S. The number of benzene rings is 1. The average Bonchev–Trinajstić information content (AvgIpc) is 2.55. The molecule has 1 aliphatic heterocycles. The van der Waals surface area contributed by atoms with Crippen LogP contribution in [0.2, 0.25) is 0 Å². The van der Waals surface area contributed by atoms with Crippen LogP contribution in [0.25, 0.3) is 0 Å². The predicted molar refractivity (Wildman–Crippen MR) is 87.9 cm³/mol. The Bertz CT molecular complexity index is 479. The molecule has 1 saturated heterocycles. The van der Waals surface area contributed by atoms with E-state index in [1.807, 2.05) is 26.8 Å². The van der Waals surface area contributed by atoms with E-state index in [9.17, 15) is 9.90 Å². The monoisotopic (exact) mass is 324 g/mol. The molecular weight excluding hydrogens is 300 g/mol. The second-order valence-electron chi connectivity index (χ2n) is 5.49. The first-order valence-electron chi connectivity index (χ1n) is 7.79. The third-order valence-corrected chi connectivity index (χ3v) is 5.04. The maximum absolute atomic E-state index is 12.3. The molecule has 1 N–H and O–H groups in total. The topological polar surface area (TPSA) is 55.8 Å². The van der Waals surface area contributed by atoms with Crippen molar-refractivity contribution in [3.8, 4) is 0 Å². The zero-order chi connectivity index (χ0) is 16.1. The lowest BCUT2D eigenvalue weighted by atomic mass is 9.90. The normalized spacial score (nSPS) is 31.7. The number of rotatable bonds is 5. The summed E-state index contributed by atoms with van der Waals surface area (Å²) in [5, 5.41) is 10.4. The number of aliphatic hydroxyl groups excluding tert-OH is 1. The van der Waals surface area contributed by atoms with Crippen molar-refractivity contribution in [3.63, 3.8) is 0 Å². The van der Waals surface area contributed by atoms with Crippen molar-refractivity contribution in [1.82, 2.24) is 0 Å². The molecule has 0 amide bonds. The molecule has 122 valence electrons. The Morgan fingerprint density at radius 2 is 2.00 bits per heavy atom. The standard InChI is InChI=1S/C17H24O4S/c1-4-13-14(18)11(3)15(17(20-13)22-5-2)21-16(19)12-9-7-6-8-10-12/h6-11,13-15,17-18H,4-5H2,1-3H3/t11-,13?,14-,15?,17-/m0/s1. The summed E-state index contributed by atoms with van der Waals surface area (Å²) in [6.45, 7) is 5.95. The van der Waals surface area contributed by atoms with Crippen LogP contribution in [-0.4, -0.2) is 40.6 Å². The zero-order valence-corrected chi connectivity index (χ0v) is 14.1. The molecule has 5 heteroatoms. The van der Waals surface area contributed by atoms with Crippen LogP contribution >= 0.6 is 11.8 Å². The Morgan fingerprint density at radius 1 is 1.32 bits per heavy atom. The van der Waals surface area contributed by atoms with E-state index in [1.54, 1.807) is 36.0 Å². The molecule has 1 aliphatic rings. The van der Waals surface area contributed by atoms with Crippen LogP contribution < -0.4 is 0 Å². The number of thioether (sulfide) groups is 1. The summed E-state index contributed by atoms with van der Waals surface area (Å²) in [5.74, 6) is 0.337. The molecule has 1 aromatic carbocycles. The molecule has 22 heavy (non-hydrogen) atoms. The van der Waals surface area contributed by atoms with Gasteiger partial charge in [-0.3, -0.25) is 0 Å². The first-order valence-corrected chi connectivity index (χ1v) is 8.84.